The number of hydrogen-bond donors (Lipinski definition) is 3. The SMILES string of the molecule is CCCS(=O)(=O)O.O=[SH](=O)O. The normalized spacial score (nSPS) is 10.5. The molecular weight excluding hydrogens is 196 g/mol. The number of hydrogen-bond acceptors (Lipinski definition) is 4. The quantitative estimate of drug-likeness (QED) is 0.409. The molecule has 0 bridgehead atoms. The zero-order chi connectivity index (χ0) is 9.49. The van der Waals surface area contributed by atoms with E-state index in [1.165, 1.54) is 0 Å². The summed E-state index contributed by atoms with van der Waals surface area (Å²) in [7, 11) is -6.79. The molecule has 8 heteroatoms. The highest BCUT2D eigenvalue weighted by molar-refractivity contribution is 7.85. The van der Waals surface area contributed by atoms with Crippen molar-refractivity contribution in [3.63, 3.8) is 0 Å². The van der Waals surface area contributed by atoms with Crippen molar-refractivity contribution in [2.24, 2.45) is 0 Å². The summed E-state index contributed by atoms with van der Waals surface area (Å²) in [6.45, 7) is 1.69. The molecule has 0 amide bonds. The van der Waals surface area contributed by atoms with Crippen molar-refractivity contribution in [1.29, 1.82) is 0 Å². The van der Waals surface area contributed by atoms with Crippen LogP contribution >= 0.6 is 0 Å². The molecule has 0 aromatic carbocycles. The molecule has 0 saturated heterocycles. The van der Waals surface area contributed by atoms with Crippen LogP contribution in [-0.2, 0) is 21.1 Å². The van der Waals surface area contributed by atoms with E-state index in [1.54, 1.807) is 6.92 Å². The van der Waals surface area contributed by atoms with Gasteiger partial charge in [0, 0.05) is 0 Å². The highest BCUT2D eigenvalue weighted by Crippen LogP contribution is 1.83. The summed E-state index contributed by atoms with van der Waals surface area (Å²) >= 11 is 0. The van der Waals surface area contributed by atoms with Crippen LogP contribution in [0, 0.1) is 0 Å². The second-order valence-electron chi connectivity index (χ2n) is 1.52. The lowest BCUT2D eigenvalue weighted by Gasteiger charge is -1.85. The molecule has 0 unspecified atom stereocenters. The van der Waals surface area contributed by atoms with Gasteiger partial charge in [-0.15, -0.1) is 0 Å². The molecule has 0 aliphatic carbocycles. The summed E-state index contributed by atoms with van der Waals surface area (Å²) in [6.07, 6.45) is 0.471. The van der Waals surface area contributed by atoms with E-state index in [4.69, 9.17) is 17.5 Å². The van der Waals surface area contributed by atoms with Gasteiger partial charge in [0.2, 0.25) is 0 Å². The molecule has 11 heavy (non-hydrogen) atoms. The second-order valence-corrected chi connectivity index (χ2v) is 3.57. The van der Waals surface area contributed by atoms with Gasteiger partial charge >= 0.3 is 0 Å². The summed E-state index contributed by atoms with van der Waals surface area (Å²) in [4.78, 5) is 0. The fourth-order valence-electron chi connectivity index (χ4n) is 0.258. The smallest absolute Gasteiger partial charge is 0.264 e. The molecule has 0 aliphatic heterocycles. The van der Waals surface area contributed by atoms with Crippen LogP contribution in [0.15, 0.2) is 0 Å². The fourth-order valence-corrected chi connectivity index (χ4v) is 0.774. The van der Waals surface area contributed by atoms with Crippen molar-refractivity contribution in [3.05, 3.63) is 0 Å². The van der Waals surface area contributed by atoms with Crippen LogP contribution in [0.1, 0.15) is 13.3 Å². The average molecular weight is 206 g/mol. The molecule has 0 spiro atoms. The first-order chi connectivity index (χ1) is 4.79. The van der Waals surface area contributed by atoms with Crippen LogP contribution in [0.4, 0.5) is 0 Å². The summed E-state index contributed by atoms with van der Waals surface area (Å²) in [5, 5.41) is 0. The van der Waals surface area contributed by atoms with Crippen LogP contribution in [0.5, 0.6) is 0 Å². The van der Waals surface area contributed by atoms with Crippen molar-refractivity contribution < 1.29 is 25.9 Å². The zero-order valence-corrected chi connectivity index (χ0v) is 7.51. The van der Waals surface area contributed by atoms with E-state index < -0.39 is 21.1 Å². The Kier molecular flexibility index (Phi) is 7.96. The monoisotopic (exact) mass is 206 g/mol. The molecule has 0 rings (SSSR count). The second kappa shape index (κ2) is 6.53. The maximum Gasteiger partial charge on any atom is 0.264 e. The molecule has 0 saturated carbocycles. The predicted molar refractivity (Wildman–Crippen MR) is 39.7 cm³/mol. The third-order valence-electron chi connectivity index (χ3n) is 0.462. The van der Waals surface area contributed by atoms with Gasteiger partial charge in [0.25, 0.3) is 21.1 Å². The van der Waals surface area contributed by atoms with Gasteiger partial charge in [-0.05, 0) is 6.42 Å². The molecule has 6 nitrogen and oxygen atoms in total. The summed E-state index contributed by atoms with van der Waals surface area (Å²) in [5.74, 6) is -0.132. The molecule has 0 aromatic heterocycles. The lowest BCUT2D eigenvalue weighted by Crippen LogP contribution is -2.01. The summed E-state index contributed by atoms with van der Waals surface area (Å²) in [6, 6.07) is 0. The molecular formula is C3H10O6S2. The topological polar surface area (TPSA) is 109 Å². The fraction of sp³-hybridized carbons (Fsp3) is 1.00. The average Bonchev–Trinajstić information content (AvgIpc) is 1.58. The first-order valence-electron chi connectivity index (χ1n) is 2.58. The minimum Gasteiger partial charge on any atom is -0.288 e. The third kappa shape index (κ3) is 41.2. The maximum atomic E-state index is 9.79. The first kappa shape index (κ1) is 13.4. The highest BCUT2D eigenvalue weighted by Gasteiger charge is 1.98. The van der Waals surface area contributed by atoms with Gasteiger partial charge in [-0.25, -0.2) is 8.42 Å². The zero-order valence-electron chi connectivity index (χ0n) is 5.80. The van der Waals surface area contributed by atoms with Crippen LogP contribution < -0.4 is 0 Å². The van der Waals surface area contributed by atoms with Crippen LogP contribution in [-0.4, -0.2) is 31.7 Å². The van der Waals surface area contributed by atoms with Crippen LogP contribution in [0.2, 0.25) is 0 Å². The molecule has 0 aromatic rings. The lowest BCUT2D eigenvalue weighted by atomic mass is 10.6. The van der Waals surface area contributed by atoms with E-state index in [2.05, 4.69) is 0 Å². The summed E-state index contributed by atoms with van der Waals surface area (Å²) in [5.41, 5.74) is 0. The van der Waals surface area contributed by atoms with Crippen molar-refractivity contribution in [3.8, 4) is 0 Å². The first-order valence-corrected chi connectivity index (χ1v) is 5.32. The molecule has 0 atom stereocenters. The van der Waals surface area contributed by atoms with Gasteiger partial charge in [0.15, 0.2) is 0 Å². The van der Waals surface area contributed by atoms with Crippen molar-refractivity contribution in [2.75, 3.05) is 5.75 Å². The van der Waals surface area contributed by atoms with Gasteiger partial charge < -0.3 is 0 Å². The number of rotatable bonds is 2. The van der Waals surface area contributed by atoms with E-state index in [0.717, 1.165) is 0 Å². The minimum absolute atomic E-state index is 0.132. The van der Waals surface area contributed by atoms with Crippen molar-refractivity contribution in [2.45, 2.75) is 13.3 Å². The van der Waals surface area contributed by atoms with Gasteiger partial charge in [-0.3, -0.25) is 9.11 Å². The maximum absolute atomic E-state index is 9.79. The number of thiol groups is 1. The van der Waals surface area contributed by atoms with Gasteiger partial charge in [0.1, 0.15) is 0 Å². The summed E-state index contributed by atoms with van der Waals surface area (Å²) < 4.78 is 51.8. The minimum atomic E-state index is -3.67. The molecule has 0 heterocycles. The van der Waals surface area contributed by atoms with E-state index in [-0.39, 0.29) is 5.75 Å². The van der Waals surface area contributed by atoms with Gasteiger partial charge in [0.05, 0.1) is 5.75 Å². The standard InChI is InChI=1S/C3H8O3S.H2O3S/c1-2-3-7(4,5)6;1-4(2)3/h2-3H2,1H3,(H,4,5,6);4H,(H,1,2,3). The molecule has 0 aliphatic rings. The Hall–Kier alpha value is -0.180. The van der Waals surface area contributed by atoms with Crippen molar-refractivity contribution >= 4 is 21.1 Å². The molecule has 70 valence electrons. The van der Waals surface area contributed by atoms with Gasteiger partial charge in [-0.2, -0.15) is 8.42 Å². The van der Waals surface area contributed by atoms with E-state index in [9.17, 15) is 8.42 Å². The van der Waals surface area contributed by atoms with E-state index in [1.807, 2.05) is 0 Å². The third-order valence-corrected chi connectivity index (χ3v) is 1.39. The lowest BCUT2D eigenvalue weighted by molar-refractivity contribution is 0.482. The molecule has 0 radical (unpaired) electrons. The Morgan fingerprint density at radius 3 is 1.64 bits per heavy atom. The molecule has 0 fully saturated rings. The largest absolute Gasteiger partial charge is 0.288 e. The Bertz CT molecular complexity index is 229. The van der Waals surface area contributed by atoms with Crippen LogP contribution in [0.25, 0.3) is 0 Å². The Morgan fingerprint density at radius 1 is 1.36 bits per heavy atom. The van der Waals surface area contributed by atoms with Crippen LogP contribution in [0.3, 0.4) is 0 Å². The Morgan fingerprint density at radius 2 is 1.64 bits per heavy atom. The van der Waals surface area contributed by atoms with Crippen molar-refractivity contribution in [1.82, 2.24) is 0 Å². The molecule has 2 N–H and O–H groups in total. The predicted octanol–water partition coefficient (Wildman–Crippen LogP) is -0.645. The Labute approximate surface area is 66.8 Å². The van der Waals surface area contributed by atoms with E-state index in [0.29, 0.717) is 6.42 Å². The Balaban J connectivity index is 0. The van der Waals surface area contributed by atoms with E-state index >= 15 is 0 Å². The highest BCUT2D eigenvalue weighted by atomic mass is 32.2. The van der Waals surface area contributed by atoms with Gasteiger partial charge in [-0.1, -0.05) is 6.92 Å².